The number of aliphatic hydroxyl groups excluding tert-OH is 2. The lowest BCUT2D eigenvalue weighted by Crippen LogP contribution is -2.70. The Labute approximate surface area is 319 Å². The third-order valence-electron chi connectivity index (χ3n) is 10.6. The molecule has 2 aliphatic carbocycles. The van der Waals surface area contributed by atoms with E-state index in [0.717, 1.165) is 60.5 Å². The molecule has 0 radical (unpaired) electrons. The Morgan fingerprint density at radius 3 is 2.57 bits per heavy atom. The molecule has 290 valence electrons. The normalized spacial score (nSPS) is 25.0. The number of thioether (sulfide) groups is 1. The summed E-state index contributed by atoms with van der Waals surface area (Å²) in [6.45, 7) is 9.77. The first-order valence-electron chi connectivity index (χ1n) is 19.3. The minimum absolute atomic E-state index is 0.112. The van der Waals surface area contributed by atoms with Crippen molar-refractivity contribution in [3.8, 4) is 11.5 Å². The molecule has 3 aliphatic rings. The average Bonchev–Trinajstić information content (AvgIpc) is 3.18. The maximum Gasteiger partial charge on any atom is 0.409 e. The van der Waals surface area contributed by atoms with Crippen LogP contribution in [0.25, 0.3) is 0 Å². The number of amides is 1. The van der Waals surface area contributed by atoms with E-state index in [1.54, 1.807) is 22.7 Å². The Bertz CT molecular complexity index is 1540. The number of aliphatic hydroxyl groups is 2. The van der Waals surface area contributed by atoms with Gasteiger partial charge in [-0.15, -0.1) is 18.3 Å². The zero-order chi connectivity index (χ0) is 37.6. The van der Waals surface area contributed by atoms with E-state index in [1.807, 2.05) is 44.2 Å². The van der Waals surface area contributed by atoms with Crippen molar-refractivity contribution in [3.05, 3.63) is 78.4 Å². The molecular formula is C42H58N2O8S. The zero-order valence-corrected chi connectivity index (χ0v) is 32.4. The number of methoxy groups -OCH3 is 1. The Kier molecular flexibility index (Phi) is 15.5. The van der Waals surface area contributed by atoms with Gasteiger partial charge in [-0.2, -0.15) is 0 Å². The maximum absolute atomic E-state index is 13.6. The van der Waals surface area contributed by atoms with E-state index in [0.29, 0.717) is 44.8 Å². The highest BCUT2D eigenvalue weighted by atomic mass is 32.2. The number of ether oxygens (including phenoxy) is 4. The molecule has 2 N–H and O–H groups in total. The van der Waals surface area contributed by atoms with Crippen molar-refractivity contribution in [1.29, 1.82) is 0 Å². The predicted octanol–water partition coefficient (Wildman–Crippen LogP) is 7.99. The average molecular weight is 751 g/mol. The standard InChI is InChI=1S/C42H58N2O8S/c1-5-21-44(41(47)48-4)38-29-36(43-51-7-3)34-27-30(15-11-13-22-45)33(18-12-14-23-46)39-35-28-31(49-25-26-53-32-16-9-8-10-17-32)19-20-37(35)52-42(38,40(34)39)50-24-6-2/h6,8-10,16-17,19-20,27-28,30,33,38-40,45-46H,2,5,7,11-15,18,21-26,29H2,1,3-4H3/t30-,33+,38-,39+,40+,42+/m0/s1. The Balaban J connectivity index is 1.67. The molecule has 6 atom stereocenters. The molecule has 1 aliphatic heterocycles. The first kappa shape index (κ1) is 40.7. The van der Waals surface area contributed by atoms with Crippen molar-refractivity contribution in [1.82, 2.24) is 4.90 Å². The summed E-state index contributed by atoms with van der Waals surface area (Å²) in [4.78, 5) is 22.3. The van der Waals surface area contributed by atoms with Crippen LogP contribution in [-0.4, -0.2) is 91.2 Å². The van der Waals surface area contributed by atoms with E-state index < -0.39 is 17.9 Å². The van der Waals surface area contributed by atoms with Crippen LogP contribution in [0.15, 0.2) is 82.9 Å². The van der Waals surface area contributed by atoms with E-state index in [2.05, 4.69) is 30.9 Å². The molecular weight excluding hydrogens is 693 g/mol. The number of nitrogens with zero attached hydrogens (tertiary/aromatic N) is 2. The summed E-state index contributed by atoms with van der Waals surface area (Å²) >= 11 is 1.76. The Hall–Kier alpha value is -3.51. The van der Waals surface area contributed by atoms with E-state index in [4.69, 9.17) is 28.9 Å². The highest BCUT2D eigenvalue weighted by Crippen LogP contribution is 2.62. The van der Waals surface area contributed by atoms with Gasteiger partial charge in [0.15, 0.2) is 0 Å². The third kappa shape index (κ3) is 9.42. The van der Waals surface area contributed by atoms with Crippen molar-refractivity contribution in [2.24, 2.45) is 22.9 Å². The number of benzene rings is 2. The summed E-state index contributed by atoms with van der Waals surface area (Å²) < 4.78 is 25.9. The van der Waals surface area contributed by atoms with Crippen LogP contribution < -0.4 is 9.47 Å². The van der Waals surface area contributed by atoms with Gasteiger partial charge in [-0.25, -0.2) is 4.79 Å². The van der Waals surface area contributed by atoms with E-state index in [9.17, 15) is 15.0 Å². The molecule has 2 aromatic rings. The summed E-state index contributed by atoms with van der Waals surface area (Å²) in [7, 11) is 1.40. The Morgan fingerprint density at radius 1 is 1.09 bits per heavy atom. The van der Waals surface area contributed by atoms with Crippen molar-refractivity contribution in [2.45, 2.75) is 87.9 Å². The fourth-order valence-corrected chi connectivity index (χ4v) is 9.20. The van der Waals surface area contributed by atoms with Gasteiger partial charge in [-0.3, -0.25) is 4.90 Å². The van der Waals surface area contributed by atoms with E-state index >= 15 is 0 Å². The van der Waals surface area contributed by atoms with Gasteiger partial charge in [0, 0.05) is 48.3 Å². The lowest BCUT2D eigenvalue weighted by Gasteiger charge is -2.59. The van der Waals surface area contributed by atoms with Gasteiger partial charge < -0.3 is 34.0 Å². The summed E-state index contributed by atoms with van der Waals surface area (Å²) in [5.41, 5.74) is 2.81. The molecule has 2 aromatic carbocycles. The molecule has 1 amide bonds. The zero-order valence-electron chi connectivity index (χ0n) is 31.6. The van der Waals surface area contributed by atoms with Gasteiger partial charge >= 0.3 is 6.09 Å². The van der Waals surface area contributed by atoms with Gasteiger partial charge in [-0.05, 0) is 86.8 Å². The van der Waals surface area contributed by atoms with Gasteiger partial charge in [0.25, 0.3) is 0 Å². The topological polar surface area (TPSA) is 119 Å². The van der Waals surface area contributed by atoms with Crippen LogP contribution in [0.3, 0.4) is 0 Å². The number of oxime groups is 1. The van der Waals surface area contributed by atoms with Crippen LogP contribution in [0.5, 0.6) is 11.5 Å². The van der Waals surface area contributed by atoms with E-state index in [-0.39, 0.29) is 43.5 Å². The molecule has 0 unspecified atom stereocenters. The smallest absolute Gasteiger partial charge is 0.409 e. The number of allylic oxidation sites excluding steroid dienone is 1. The van der Waals surface area contributed by atoms with Crippen molar-refractivity contribution < 1.29 is 38.8 Å². The molecule has 11 heteroatoms. The quantitative estimate of drug-likeness (QED) is 0.0567. The molecule has 10 nitrogen and oxygen atoms in total. The second-order valence-corrected chi connectivity index (χ2v) is 15.0. The molecule has 0 aromatic heterocycles. The fraction of sp³-hybridized carbons (Fsp3) is 0.571. The van der Waals surface area contributed by atoms with E-state index in [1.165, 1.54) is 12.0 Å². The van der Waals surface area contributed by atoms with Gasteiger partial charge in [-0.1, -0.05) is 55.3 Å². The SMILES string of the molecule is C=CCO[C@@]12Oc3ccc(OCCSc4ccccc4)cc3[C@H]3[C@H](CCCCO)[C@@H](CCCCO)C=C(C(=NOCC)C[C@@H]1N(CCC)C(=O)OC)[C@H]32. The van der Waals surface area contributed by atoms with Gasteiger partial charge in [0.05, 0.1) is 32.0 Å². The number of fused-ring (bicyclic) bond motifs is 2. The molecule has 1 heterocycles. The second kappa shape index (κ2) is 20.2. The minimum Gasteiger partial charge on any atom is -0.493 e. The molecule has 53 heavy (non-hydrogen) atoms. The molecule has 1 fully saturated rings. The van der Waals surface area contributed by atoms with Crippen LogP contribution in [0.1, 0.15) is 76.7 Å². The summed E-state index contributed by atoms with van der Waals surface area (Å²) in [5, 5.41) is 24.3. The number of carbonyl (C=O) groups excluding carboxylic acids is 1. The monoisotopic (exact) mass is 750 g/mol. The summed E-state index contributed by atoms with van der Waals surface area (Å²) in [6, 6.07) is 15.8. The van der Waals surface area contributed by atoms with Crippen molar-refractivity contribution in [3.63, 3.8) is 0 Å². The first-order valence-corrected chi connectivity index (χ1v) is 20.3. The largest absolute Gasteiger partial charge is 0.493 e. The maximum atomic E-state index is 13.6. The van der Waals surface area contributed by atoms with Crippen molar-refractivity contribution in [2.75, 3.05) is 52.4 Å². The highest BCUT2D eigenvalue weighted by molar-refractivity contribution is 7.99. The Morgan fingerprint density at radius 2 is 1.87 bits per heavy atom. The lowest BCUT2D eigenvalue weighted by atomic mass is 9.55. The number of carbonyl (C=O) groups is 1. The molecule has 1 saturated carbocycles. The third-order valence-corrected chi connectivity index (χ3v) is 11.5. The van der Waals surface area contributed by atoms with Crippen LogP contribution >= 0.6 is 11.8 Å². The lowest BCUT2D eigenvalue weighted by molar-refractivity contribution is -0.255. The molecule has 0 spiro atoms. The van der Waals surface area contributed by atoms with Crippen LogP contribution in [0, 0.1) is 17.8 Å². The second-order valence-electron chi connectivity index (χ2n) is 13.9. The van der Waals surface area contributed by atoms with Crippen LogP contribution in [-0.2, 0) is 14.3 Å². The summed E-state index contributed by atoms with van der Waals surface area (Å²) in [5.74, 6) is 0.769. The number of hydrogen-bond acceptors (Lipinski definition) is 10. The predicted molar refractivity (Wildman–Crippen MR) is 209 cm³/mol. The number of unbranched alkanes of at least 4 members (excludes halogenated alkanes) is 2. The number of rotatable bonds is 21. The number of hydrogen-bond donors (Lipinski definition) is 2. The minimum atomic E-state index is -1.30. The van der Waals surface area contributed by atoms with Crippen molar-refractivity contribution >= 4 is 23.6 Å². The van der Waals surface area contributed by atoms with Crippen LogP contribution in [0.2, 0.25) is 0 Å². The summed E-state index contributed by atoms with van der Waals surface area (Å²) in [6.07, 6.45) is 9.54. The molecule has 0 saturated heterocycles. The molecule has 0 bridgehead atoms. The van der Waals surface area contributed by atoms with Gasteiger partial charge in [0.1, 0.15) is 24.1 Å². The first-order chi connectivity index (χ1) is 26.0. The molecule has 5 rings (SSSR count). The van der Waals surface area contributed by atoms with Crippen LogP contribution in [0.4, 0.5) is 4.79 Å². The fourth-order valence-electron chi connectivity index (χ4n) is 8.45. The highest BCUT2D eigenvalue weighted by Gasteiger charge is 2.65. The van der Waals surface area contributed by atoms with Gasteiger partial charge in [0.2, 0.25) is 5.79 Å².